The maximum atomic E-state index is 12.2. The number of amides is 1. The zero-order valence-corrected chi connectivity index (χ0v) is 14.1. The molecule has 2 rings (SSSR count). The van der Waals surface area contributed by atoms with Crippen molar-refractivity contribution in [3.05, 3.63) is 35.9 Å². The summed E-state index contributed by atoms with van der Waals surface area (Å²) in [5, 5.41) is 3.29. The lowest BCUT2D eigenvalue weighted by Gasteiger charge is -2.34. The molecule has 1 fully saturated rings. The van der Waals surface area contributed by atoms with Crippen LogP contribution in [-0.4, -0.2) is 37.5 Å². The summed E-state index contributed by atoms with van der Waals surface area (Å²) in [6.07, 6.45) is 7.49. The van der Waals surface area contributed by atoms with Crippen molar-refractivity contribution in [2.24, 2.45) is 5.92 Å². The lowest BCUT2D eigenvalue weighted by Crippen LogP contribution is -2.45. The molecule has 122 valence electrons. The van der Waals surface area contributed by atoms with E-state index in [9.17, 15) is 4.79 Å². The Labute approximate surface area is 135 Å². The Kier molecular flexibility index (Phi) is 6.91. The average Bonchev–Trinajstić information content (AvgIpc) is 2.50. The first-order chi connectivity index (χ1) is 10.6. The zero-order chi connectivity index (χ0) is 15.8. The summed E-state index contributed by atoms with van der Waals surface area (Å²) in [7, 11) is 4.24. The highest BCUT2D eigenvalue weighted by Crippen LogP contribution is 2.25. The number of carbonyl (C=O) groups is 1. The summed E-state index contributed by atoms with van der Waals surface area (Å²) >= 11 is 0. The van der Waals surface area contributed by atoms with E-state index in [2.05, 4.69) is 48.6 Å². The fourth-order valence-corrected chi connectivity index (χ4v) is 3.46. The minimum Gasteiger partial charge on any atom is -0.353 e. The summed E-state index contributed by atoms with van der Waals surface area (Å²) in [5.41, 5.74) is 1.32. The van der Waals surface area contributed by atoms with Crippen LogP contribution in [0.1, 0.15) is 44.1 Å². The topological polar surface area (TPSA) is 32.3 Å². The molecule has 0 bridgehead atoms. The van der Waals surface area contributed by atoms with Crippen molar-refractivity contribution in [1.82, 2.24) is 10.2 Å². The molecular formula is C19H30N2O. The van der Waals surface area contributed by atoms with Crippen LogP contribution in [0.4, 0.5) is 0 Å². The normalized spacial score (nSPS) is 21.8. The molecular weight excluding hydrogens is 272 g/mol. The summed E-state index contributed by atoms with van der Waals surface area (Å²) in [6, 6.07) is 10.8. The molecule has 0 heterocycles. The number of nitrogens with one attached hydrogen (secondary N) is 1. The highest BCUT2D eigenvalue weighted by molar-refractivity contribution is 5.76. The number of nitrogens with zero attached hydrogens (tertiary/aromatic N) is 1. The van der Waals surface area contributed by atoms with Gasteiger partial charge in [0, 0.05) is 19.0 Å². The van der Waals surface area contributed by atoms with Crippen molar-refractivity contribution in [1.29, 1.82) is 0 Å². The summed E-state index contributed by atoms with van der Waals surface area (Å²) in [6.45, 7) is 1.08. The van der Waals surface area contributed by atoms with E-state index in [1.165, 1.54) is 24.8 Å². The molecule has 22 heavy (non-hydrogen) atoms. The Bertz CT molecular complexity index is 444. The predicted molar refractivity (Wildman–Crippen MR) is 91.8 cm³/mol. The Hall–Kier alpha value is -1.35. The van der Waals surface area contributed by atoms with E-state index in [0.29, 0.717) is 18.4 Å². The van der Waals surface area contributed by atoms with Gasteiger partial charge in [-0.15, -0.1) is 0 Å². The number of rotatable bonds is 7. The minimum absolute atomic E-state index is 0.228. The van der Waals surface area contributed by atoms with E-state index < -0.39 is 0 Å². The first-order valence-electron chi connectivity index (χ1n) is 8.63. The summed E-state index contributed by atoms with van der Waals surface area (Å²) in [4.78, 5) is 14.4. The maximum absolute atomic E-state index is 12.2. The Balaban J connectivity index is 1.72. The van der Waals surface area contributed by atoms with Gasteiger partial charge in [-0.1, -0.05) is 43.2 Å². The van der Waals surface area contributed by atoms with Gasteiger partial charge in [0.25, 0.3) is 0 Å². The standard InChI is InChI=1S/C19H30N2O/c1-21(2)15-17-12-6-7-13-18(17)20-19(22)14-8-11-16-9-4-3-5-10-16/h3-5,9-10,17-18H,6-8,11-15H2,1-2H3,(H,20,22). The van der Waals surface area contributed by atoms with Crippen LogP contribution in [0.25, 0.3) is 0 Å². The molecule has 1 aliphatic rings. The van der Waals surface area contributed by atoms with E-state index in [0.717, 1.165) is 25.8 Å². The van der Waals surface area contributed by atoms with Gasteiger partial charge in [-0.2, -0.15) is 0 Å². The highest BCUT2D eigenvalue weighted by Gasteiger charge is 2.26. The molecule has 1 amide bonds. The van der Waals surface area contributed by atoms with Crippen LogP contribution < -0.4 is 5.32 Å². The van der Waals surface area contributed by atoms with Crippen LogP contribution in [0.2, 0.25) is 0 Å². The molecule has 1 aromatic carbocycles. The van der Waals surface area contributed by atoms with Crippen molar-refractivity contribution in [2.75, 3.05) is 20.6 Å². The van der Waals surface area contributed by atoms with Crippen molar-refractivity contribution < 1.29 is 4.79 Å². The Morgan fingerprint density at radius 3 is 2.64 bits per heavy atom. The molecule has 1 N–H and O–H groups in total. The van der Waals surface area contributed by atoms with Gasteiger partial charge in [0.15, 0.2) is 0 Å². The third-order valence-electron chi connectivity index (χ3n) is 4.57. The van der Waals surface area contributed by atoms with Crippen molar-refractivity contribution >= 4 is 5.91 Å². The molecule has 1 aliphatic carbocycles. The fraction of sp³-hybridized carbons (Fsp3) is 0.632. The summed E-state index contributed by atoms with van der Waals surface area (Å²) in [5.74, 6) is 0.841. The van der Waals surface area contributed by atoms with Gasteiger partial charge in [0.1, 0.15) is 0 Å². The molecule has 3 nitrogen and oxygen atoms in total. The molecule has 1 saturated carbocycles. The average molecular weight is 302 g/mol. The molecule has 3 heteroatoms. The Morgan fingerprint density at radius 2 is 1.91 bits per heavy atom. The van der Waals surface area contributed by atoms with Crippen LogP contribution in [0.15, 0.2) is 30.3 Å². The molecule has 0 spiro atoms. The van der Waals surface area contributed by atoms with Crippen LogP contribution in [0.5, 0.6) is 0 Å². The molecule has 0 radical (unpaired) electrons. The minimum atomic E-state index is 0.228. The van der Waals surface area contributed by atoms with Gasteiger partial charge in [-0.3, -0.25) is 4.79 Å². The fourth-order valence-electron chi connectivity index (χ4n) is 3.46. The second-order valence-electron chi connectivity index (χ2n) is 6.82. The molecule has 2 atom stereocenters. The van der Waals surface area contributed by atoms with Crippen LogP contribution in [0, 0.1) is 5.92 Å². The van der Waals surface area contributed by atoms with Crippen LogP contribution in [-0.2, 0) is 11.2 Å². The van der Waals surface area contributed by atoms with Gasteiger partial charge in [0.2, 0.25) is 5.91 Å². The second kappa shape index (κ2) is 8.94. The molecule has 2 unspecified atom stereocenters. The number of carbonyl (C=O) groups excluding carboxylic acids is 1. The maximum Gasteiger partial charge on any atom is 0.220 e. The monoisotopic (exact) mass is 302 g/mol. The summed E-state index contributed by atoms with van der Waals surface area (Å²) < 4.78 is 0. The van der Waals surface area contributed by atoms with Crippen molar-refractivity contribution in [2.45, 2.75) is 51.0 Å². The van der Waals surface area contributed by atoms with E-state index in [1.54, 1.807) is 0 Å². The molecule has 0 saturated heterocycles. The van der Waals surface area contributed by atoms with Gasteiger partial charge in [-0.25, -0.2) is 0 Å². The third-order valence-corrected chi connectivity index (χ3v) is 4.57. The van der Waals surface area contributed by atoms with Crippen LogP contribution >= 0.6 is 0 Å². The van der Waals surface area contributed by atoms with E-state index >= 15 is 0 Å². The van der Waals surface area contributed by atoms with Gasteiger partial charge in [-0.05, 0) is 51.3 Å². The number of aryl methyl sites for hydroxylation is 1. The third kappa shape index (κ3) is 5.80. The molecule has 1 aromatic rings. The second-order valence-corrected chi connectivity index (χ2v) is 6.82. The first kappa shape index (κ1) is 17.0. The van der Waals surface area contributed by atoms with Crippen LogP contribution in [0.3, 0.4) is 0 Å². The quantitative estimate of drug-likeness (QED) is 0.838. The van der Waals surface area contributed by atoms with Gasteiger partial charge in [0.05, 0.1) is 0 Å². The highest BCUT2D eigenvalue weighted by atomic mass is 16.1. The zero-order valence-electron chi connectivity index (χ0n) is 14.1. The first-order valence-corrected chi connectivity index (χ1v) is 8.63. The Morgan fingerprint density at radius 1 is 1.18 bits per heavy atom. The van der Waals surface area contributed by atoms with E-state index in [-0.39, 0.29) is 5.91 Å². The lowest BCUT2D eigenvalue weighted by molar-refractivity contribution is -0.122. The largest absolute Gasteiger partial charge is 0.353 e. The number of benzene rings is 1. The molecule has 0 aliphatic heterocycles. The van der Waals surface area contributed by atoms with E-state index in [1.807, 2.05) is 6.07 Å². The smallest absolute Gasteiger partial charge is 0.220 e. The van der Waals surface area contributed by atoms with E-state index in [4.69, 9.17) is 0 Å². The number of hydrogen-bond acceptors (Lipinski definition) is 2. The number of hydrogen-bond donors (Lipinski definition) is 1. The van der Waals surface area contributed by atoms with Crippen molar-refractivity contribution in [3.63, 3.8) is 0 Å². The van der Waals surface area contributed by atoms with Crippen molar-refractivity contribution in [3.8, 4) is 0 Å². The molecule has 0 aromatic heterocycles. The SMILES string of the molecule is CN(C)CC1CCCCC1NC(=O)CCCc1ccccc1. The van der Waals surface area contributed by atoms with Gasteiger partial charge >= 0.3 is 0 Å². The van der Waals surface area contributed by atoms with Gasteiger partial charge < -0.3 is 10.2 Å². The predicted octanol–water partition coefficient (Wildman–Crippen LogP) is 3.25. The lowest BCUT2D eigenvalue weighted by atomic mass is 9.84.